The molecule has 0 aliphatic carbocycles. The molecule has 0 amide bonds. The standard InChI is InChI=1S/C18H16BrNO2S/c1-14-7-9-16(10-8-14)23(21,22)18-13-15-5-2-3-6-17(15)20(18)12-4-11-19/h2-11,13H,12H2,1H3/b11-4-. The van der Waals surface area contributed by atoms with Gasteiger partial charge in [-0.2, -0.15) is 0 Å². The van der Waals surface area contributed by atoms with E-state index in [4.69, 9.17) is 0 Å². The zero-order valence-corrected chi connectivity index (χ0v) is 15.0. The van der Waals surface area contributed by atoms with E-state index in [1.807, 2.05) is 54.0 Å². The SMILES string of the molecule is Cc1ccc(S(=O)(=O)c2cc3ccccc3n2C/C=C\Br)cc1. The van der Waals surface area contributed by atoms with Crippen LogP contribution in [0.2, 0.25) is 0 Å². The normalized spacial score (nSPS) is 12.3. The summed E-state index contributed by atoms with van der Waals surface area (Å²) in [7, 11) is -3.56. The highest BCUT2D eigenvalue weighted by atomic mass is 79.9. The van der Waals surface area contributed by atoms with Crippen molar-refractivity contribution in [3.63, 3.8) is 0 Å². The predicted octanol–water partition coefficient (Wildman–Crippen LogP) is 4.69. The third-order valence-corrected chi connectivity index (χ3v) is 5.91. The van der Waals surface area contributed by atoms with E-state index in [1.54, 1.807) is 23.2 Å². The average Bonchev–Trinajstić information content (AvgIpc) is 2.93. The van der Waals surface area contributed by atoms with Crippen molar-refractivity contribution in [2.24, 2.45) is 0 Å². The summed E-state index contributed by atoms with van der Waals surface area (Å²) in [4.78, 5) is 2.05. The first-order valence-corrected chi connectivity index (χ1v) is 9.59. The molecule has 2 aromatic carbocycles. The van der Waals surface area contributed by atoms with Crippen LogP contribution in [-0.2, 0) is 16.4 Å². The molecule has 0 bridgehead atoms. The van der Waals surface area contributed by atoms with Gasteiger partial charge in [0.25, 0.3) is 0 Å². The van der Waals surface area contributed by atoms with Gasteiger partial charge in [0.2, 0.25) is 9.84 Å². The van der Waals surface area contributed by atoms with Gasteiger partial charge in [-0.1, -0.05) is 57.9 Å². The predicted molar refractivity (Wildman–Crippen MR) is 96.6 cm³/mol. The fraction of sp³-hybridized carbons (Fsp3) is 0.111. The molecular weight excluding hydrogens is 374 g/mol. The molecule has 0 N–H and O–H groups in total. The summed E-state index contributed by atoms with van der Waals surface area (Å²) >= 11 is 3.24. The number of hydrogen-bond acceptors (Lipinski definition) is 2. The summed E-state index contributed by atoms with van der Waals surface area (Å²) in [5.74, 6) is 0. The maximum atomic E-state index is 13.0. The Labute approximate surface area is 144 Å². The average molecular weight is 390 g/mol. The van der Waals surface area contributed by atoms with Gasteiger partial charge < -0.3 is 4.57 Å². The molecule has 0 saturated carbocycles. The van der Waals surface area contributed by atoms with E-state index in [2.05, 4.69) is 15.9 Å². The van der Waals surface area contributed by atoms with Crippen LogP contribution >= 0.6 is 15.9 Å². The molecule has 0 atom stereocenters. The van der Waals surface area contributed by atoms with Gasteiger partial charge in [0.1, 0.15) is 5.03 Å². The van der Waals surface area contributed by atoms with E-state index in [1.165, 1.54) is 0 Å². The minimum Gasteiger partial charge on any atom is -0.327 e. The minimum atomic E-state index is -3.56. The van der Waals surface area contributed by atoms with Crippen molar-refractivity contribution in [2.75, 3.05) is 0 Å². The Morgan fingerprint density at radius 2 is 1.78 bits per heavy atom. The fourth-order valence-electron chi connectivity index (χ4n) is 2.58. The first kappa shape index (κ1) is 16.0. The second-order valence-corrected chi connectivity index (χ2v) is 7.76. The van der Waals surface area contributed by atoms with E-state index >= 15 is 0 Å². The van der Waals surface area contributed by atoms with Crippen molar-refractivity contribution in [3.05, 3.63) is 71.2 Å². The van der Waals surface area contributed by atoms with Crippen molar-refractivity contribution in [2.45, 2.75) is 23.4 Å². The fourth-order valence-corrected chi connectivity index (χ4v) is 4.23. The van der Waals surface area contributed by atoms with Gasteiger partial charge in [0.15, 0.2) is 0 Å². The van der Waals surface area contributed by atoms with Crippen LogP contribution in [0.25, 0.3) is 10.9 Å². The van der Waals surface area contributed by atoms with Gasteiger partial charge in [0, 0.05) is 17.4 Å². The molecule has 1 heterocycles. The summed E-state index contributed by atoms with van der Waals surface area (Å²) in [6.07, 6.45) is 1.88. The van der Waals surface area contributed by atoms with Crippen molar-refractivity contribution >= 4 is 36.7 Å². The Hall–Kier alpha value is -1.85. The Bertz CT molecular complexity index is 970. The lowest BCUT2D eigenvalue weighted by Gasteiger charge is -2.09. The monoisotopic (exact) mass is 389 g/mol. The van der Waals surface area contributed by atoms with Crippen molar-refractivity contribution in [3.8, 4) is 0 Å². The van der Waals surface area contributed by atoms with E-state index in [-0.39, 0.29) is 0 Å². The van der Waals surface area contributed by atoms with Crippen LogP contribution in [-0.4, -0.2) is 13.0 Å². The second-order valence-electron chi connectivity index (χ2n) is 5.33. The van der Waals surface area contributed by atoms with E-state index < -0.39 is 9.84 Å². The van der Waals surface area contributed by atoms with Crippen LogP contribution in [0.3, 0.4) is 0 Å². The van der Waals surface area contributed by atoms with Crippen LogP contribution in [0.4, 0.5) is 0 Å². The number of nitrogens with zero attached hydrogens (tertiary/aromatic N) is 1. The van der Waals surface area contributed by atoms with Crippen molar-refractivity contribution in [1.82, 2.24) is 4.57 Å². The minimum absolute atomic E-state index is 0.313. The number of halogens is 1. The molecule has 0 spiro atoms. The molecular formula is C18H16BrNO2S. The Balaban J connectivity index is 2.23. The Morgan fingerprint density at radius 1 is 1.09 bits per heavy atom. The van der Waals surface area contributed by atoms with Crippen LogP contribution in [0, 0.1) is 6.92 Å². The number of rotatable bonds is 4. The van der Waals surface area contributed by atoms with E-state index in [0.29, 0.717) is 16.5 Å². The number of para-hydroxylation sites is 1. The molecule has 0 radical (unpaired) electrons. The number of aromatic nitrogens is 1. The molecule has 3 aromatic rings. The summed E-state index contributed by atoms with van der Waals surface area (Å²) in [5.41, 5.74) is 1.94. The van der Waals surface area contributed by atoms with Crippen LogP contribution in [0.5, 0.6) is 0 Å². The molecule has 3 rings (SSSR count). The molecule has 0 unspecified atom stereocenters. The summed E-state index contributed by atoms with van der Waals surface area (Å²) < 4.78 is 27.9. The highest BCUT2D eigenvalue weighted by molar-refractivity contribution is 9.11. The lowest BCUT2D eigenvalue weighted by atomic mass is 10.2. The third kappa shape index (κ3) is 2.99. The van der Waals surface area contributed by atoms with E-state index in [9.17, 15) is 8.42 Å². The van der Waals surface area contributed by atoms with Gasteiger partial charge in [0.05, 0.1) is 4.90 Å². The molecule has 0 fully saturated rings. The highest BCUT2D eigenvalue weighted by Crippen LogP contribution is 2.28. The third-order valence-electron chi connectivity index (χ3n) is 3.76. The lowest BCUT2D eigenvalue weighted by Crippen LogP contribution is -2.09. The van der Waals surface area contributed by atoms with Crippen LogP contribution < -0.4 is 0 Å². The lowest BCUT2D eigenvalue weighted by molar-refractivity contribution is 0.584. The van der Waals surface area contributed by atoms with Gasteiger partial charge in [-0.3, -0.25) is 0 Å². The molecule has 5 heteroatoms. The molecule has 0 saturated heterocycles. The first-order valence-electron chi connectivity index (χ1n) is 7.19. The number of hydrogen-bond donors (Lipinski definition) is 0. The molecule has 1 aromatic heterocycles. The second kappa shape index (κ2) is 6.34. The maximum Gasteiger partial charge on any atom is 0.222 e. The number of allylic oxidation sites excluding steroid dienone is 1. The van der Waals surface area contributed by atoms with Crippen molar-refractivity contribution < 1.29 is 8.42 Å². The number of fused-ring (bicyclic) bond motifs is 1. The van der Waals surface area contributed by atoms with Gasteiger partial charge in [-0.25, -0.2) is 8.42 Å². The maximum absolute atomic E-state index is 13.0. The van der Waals surface area contributed by atoms with Crippen LogP contribution in [0.15, 0.2) is 75.6 Å². The molecule has 3 nitrogen and oxygen atoms in total. The summed E-state index contributed by atoms with van der Waals surface area (Å²) in [6.45, 7) is 2.42. The van der Waals surface area contributed by atoms with E-state index in [0.717, 1.165) is 16.5 Å². The molecule has 0 aliphatic rings. The topological polar surface area (TPSA) is 39.1 Å². The summed E-state index contributed by atoms with van der Waals surface area (Å²) in [6, 6.07) is 16.4. The Kier molecular flexibility index (Phi) is 4.41. The zero-order chi connectivity index (χ0) is 16.4. The smallest absolute Gasteiger partial charge is 0.222 e. The Morgan fingerprint density at radius 3 is 2.48 bits per heavy atom. The molecule has 23 heavy (non-hydrogen) atoms. The number of aryl methyl sites for hydroxylation is 1. The van der Waals surface area contributed by atoms with Crippen LogP contribution in [0.1, 0.15) is 5.56 Å². The van der Waals surface area contributed by atoms with Gasteiger partial charge in [-0.05, 0) is 36.2 Å². The zero-order valence-electron chi connectivity index (χ0n) is 12.6. The highest BCUT2D eigenvalue weighted by Gasteiger charge is 2.23. The van der Waals surface area contributed by atoms with Gasteiger partial charge in [-0.15, -0.1) is 0 Å². The first-order chi connectivity index (χ1) is 11.0. The largest absolute Gasteiger partial charge is 0.327 e. The summed E-state index contributed by atoms with van der Waals surface area (Å²) in [5, 5.41) is 1.23. The van der Waals surface area contributed by atoms with Gasteiger partial charge >= 0.3 is 0 Å². The number of benzene rings is 2. The molecule has 0 aliphatic heterocycles. The molecule has 118 valence electrons. The quantitative estimate of drug-likeness (QED) is 0.648. The van der Waals surface area contributed by atoms with Crippen molar-refractivity contribution in [1.29, 1.82) is 0 Å². The number of sulfone groups is 1.